The molecule has 4 rings (SSSR count). The van der Waals surface area contributed by atoms with Crippen LogP contribution in [0.2, 0.25) is 0 Å². The fourth-order valence-electron chi connectivity index (χ4n) is 3.15. The molecule has 0 saturated carbocycles. The Morgan fingerprint density at radius 1 is 1.17 bits per heavy atom. The molecule has 0 unspecified atom stereocenters. The van der Waals surface area contributed by atoms with Crippen molar-refractivity contribution in [2.24, 2.45) is 0 Å². The minimum absolute atomic E-state index is 0.307. The van der Waals surface area contributed by atoms with Crippen LogP contribution in [-0.4, -0.2) is 27.3 Å². The Morgan fingerprint density at radius 2 is 1.97 bits per heavy atom. The Bertz CT molecular complexity index is 1000. The molecular weight excluding hydrogens is 401 g/mol. The largest absolute Gasteiger partial charge is 0.416 e. The van der Waals surface area contributed by atoms with E-state index in [2.05, 4.69) is 20.2 Å². The number of halogens is 3. The maximum absolute atomic E-state index is 12.7. The third-order valence-electron chi connectivity index (χ3n) is 4.62. The van der Waals surface area contributed by atoms with Gasteiger partial charge in [0, 0.05) is 37.1 Å². The molecule has 0 saturated heterocycles. The second kappa shape index (κ2) is 7.92. The number of thiazole rings is 1. The fourth-order valence-corrected chi connectivity index (χ4v) is 4.20. The van der Waals surface area contributed by atoms with E-state index in [-0.39, 0.29) is 5.91 Å². The van der Waals surface area contributed by atoms with Gasteiger partial charge < -0.3 is 0 Å². The molecule has 1 amide bonds. The number of amides is 1. The van der Waals surface area contributed by atoms with Gasteiger partial charge in [-0.25, -0.2) is 4.98 Å². The lowest BCUT2D eigenvalue weighted by atomic mass is 10.1. The molecule has 0 bridgehead atoms. The lowest BCUT2D eigenvalue weighted by Gasteiger charge is -2.25. The van der Waals surface area contributed by atoms with E-state index in [0.717, 1.165) is 41.2 Å². The van der Waals surface area contributed by atoms with E-state index < -0.39 is 11.7 Å². The van der Waals surface area contributed by atoms with Crippen molar-refractivity contribution < 1.29 is 18.0 Å². The molecule has 150 valence electrons. The van der Waals surface area contributed by atoms with Gasteiger partial charge in [0.25, 0.3) is 5.91 Å². The first-order valence-electron chi connectivity index (χ1n) is 8.98. The summed E-state index contributed by atoms with van der Waals surface area (Å²) in [4.78, 5) is 24.0. The summed E-state index contributed by atoms with van der Waals surface area (Å²) >= 11 is 1.42. The van der Waals surface area contributed by atoms with Gasteiger partial charge in [0.15, 0.2) is 5.13 Å². The molecule has 1 aromatic carbocycles. The first-order valence-corrected chi connectivity index (χ1v) is 9.79. The standard InChI is InChI=1S/C20H17F3N4OS/c21-20(22,23)14-6-4-13(5-7-14)11-27-10-8-15-17(12-27)29-19(25-15)26-18(28)16-3-1-2-9-24-16/h1-7,9H,8,10-12H2,(H,25,26,28). The molecule has 5 nitrogen and oxygen atoms in total. The van der Waals surface area contributed by atoms with Gasteiger partial charge in [0.2, 0.25) is 0 Å². The Hall–Kier alpha value is -2.78. The highest BCUT2D eigenvalue weighted by molar-refractivity contribution is 7.15. The number of alkyl halides is 3. The number of hydrogen-bond acceptors (Lipinski definition) is 5. The van der Waals surface area contributed by atoms with Gasteiger partial charge in [-0.1, -0.05) is 18.2 Å². The predicted molar refractivity (Wildman–Crippen MR) is 104 cm³/mol. The number of benzene rings is 1. The summed E-state index contributed by atoms with van der Waals surface area (Å²) in [7, 11) is 0. The number of nitrogens with zero attached hydrogens (tertiary/aromatic N) is 3. The van der Waals surface area contributed by atoms with Crippen LogP contribution in [0.5, 0.6) is 0 Å². The normalized spacial score (nSPS) is 14.4. The van der Waals surface area contributed by atoms with Crippen molar-refractivity contribution in [1.29, 1.82) is 0 Å². The number of anilines is 1. The number of fused-ring (bicyclic) bond motifs is 1. The van der Waals surface area contributed by atoms with Crippen molar-refractivity contribution in [2.75, 3.05) is 11.9 Å². The molecule has 3 aromatic rings. The highest BCUT2D eigenvalue weighted by Crippen LogP contribution is 2.31. The Balaban J connectivity index is 1.39. The molecule has 0 spiro atoms. The molecule has 0 radical (unpaired) electrons. The zero-order valence-electron chi connectivity index (χ0n) is 15.2. The van der Waals surface area contributed by atoms with Crippen molar-refractivity contribution in [3.63, 3.8) is 0 Å². The number of hydrogen-bond donors (Lipinski definition) is 1. The van der Waals surface area contributed by atoms with Gasteiger partial charge in [0.05, 0.1) is 11.3 Å². The van der Waals surface area contributed by atoms with Crippen molar-refractivity contribution in [3.05, 3.63) is 76.1 Å². The molecule has 0 fully saturated rings. The SMILES string of the molecule is O=C(Nc1nc2c(s1)CN(Cc1ccc(C(F)(F)F)cc1)CC2)c1ccccn1. The van der Waals surface area contributed by atoms with Crippen molar-refractivity contribution in [3.8, 4) is 0 Å². The zero-order chi connectivity index (χ0) is 20.4. The smallest absolute Gasteiger partial charge is 0.296 e. The number of nitrogens with one attached hydrogen (secondary N) is 1. The van der Waals surface area contributed by atoms with E-state index in [1.807, 2.05) is 0 Å². The molecule has 0 atom stereocenters. The predicted octanol–water partition coefficient (Wildman–Crippen LogP) is 4.37. The number of rotatable bonds is 4. The summed E-state index contributed by atoms with van der Waals surface area (Å²) in [6.45, 7) is 1.96. The van der Waals surface area contributed by atoms with Crippen LogP contribution in [0.3, 0.4) is 0 Å². The number of pyridine rings is 1. The van der Waals surface area contributed by atoms with E-state index in [1.165, 1.54) is 23.5 Å². The third kappa shape index (κ3) is 4.63. The molecule has 0 aliphatic carbocycles. The van der Waals surface area contributed by atoms with Gasteiger partial charge in [-0.15, -0.1) is 11.3 Å². The first kappa shape index (κ1) is 19.5. The zero-order valence-corrected chi connectivity index (χ0v) is 16.1. The lowest BCUT2D eigenvalue weighted by Crippen LogP contribution is -2.29. The van der Waals surface area contributed by atoms with Crippen LogP contribution in [0.25, 0.3) is 0 Å². The topological polar surface area (TPSA) is 58.1 Å². The quantitative estimate of drug-likeness (QED) is 0.684. The summed E-state index contributed by atoms with van der Waals surface area (Å²) in [5.41, 5.74) is 1.46. The minimum Gasteiger partial charge on any atom is -0.296 e. The number of carbonyl (C=O) groups excluding carboxylic acids is 1. The van der Waals surface area contributed by atoms with Crippen molar-refractivity contribution in [1.82, 2.24) is 14.9 Å². The van der Waals surface area contributed by atoms with Crippen LogP contribution in [0.15, 0.2) is 48.7 Å². The maximum Gasteiger partial charge on any atom is 0.416 e. The summed E-state index contributed by atoms with van der Waals surface area (Å²) < 4.78 is 38.1. The molecule has 1 N–H and O–H groups in total. The molecule has 3 heterocycles. The Kier molecular flexibility index (Phi) is 5.33. The van der Waals surface area contributed by atoms with Crippen LogP contribution in [0.1, 0.15) is 32.2 Å². The molecular formula is C20H17F3N4OS. The van der Waals surface area contributed by atoms with Crippen LogP contribution >= 0.6 is 11.3 Å². The Labute approximate surface area is 169 Å². The molecule has 29 heavy (non-hydrogen) atoms. The maximum atomic E-state index is 12.7. The summed E-state index contributed by atoms with van der Waals surface area (Å²) in [5.74, 6) is -0.307. The summed E-state index contributed by atoms with van der Waals surface area (Å²) in [5, 5.41) is 3.31. The van der Waals surface area contributed by atoms with Gasteiger partial charge in [0.1, 0.15) is 5.69 Å². The highest BCUT2D eigenvalue weighted by Gasteiger charge is 2.30. The average molecular weight is 418 g/mol. The van der Waals surface area contributed by atoms with E-state index in [9.17, 15) is 18.0 Å². The minimum atomic E-state index is -4.32. The third-order valence-corrected chi connectivity index (χ3v) is 5.61. The average Bonchev–Trinajstić information content (AvgIpc) is 3.10. The van der Waals surface area contributed by atoms with E-state index in [4.69, 9.17) is 0 Å². The van der Waals surface area contributed by atoms with E-state index >= 15 is 0 Å². The lowest BCUT2D eigenvalue weighted by molar-refractivity contribution is -0.137. The van der Waals surface area contributed by atoms with Crippen LogP contribution in [0.4, 0.5) is 18.3 Å². The van der Waals surface area contributed by atoms with Gasteiger partial charge in [-0.3, -0.25) is 20.0 Å². The van der Waals surface area contributed by atoms with Gasteiger partial charge in [-0.2, -0.15) is 13.2 Å². The number of aromatic nitrogens is 2. The van der Waals surface area contributed by atoms with E-state index in [0.29, 0.717) is 23.9 Å². The molecule has 9 heteroatoms. The monoisotopic (exact) mass is 418 g/mol. The van der Waals surface area contributed by atoms with E-state index in [1.54, 1.807) is 24.4 Å². The van der Waals surface area contributed by atoms with Crippen LogP contribution < -0.4 is 5.32 Å². The second-order valence-corrected chi connectivity index (χ2v) is 7.80. The summed E-state index contributed by atoms with van der Waals surface area (Å²) in [6, 6.07) is 10.4. The summed E-state index contributed by atoms with van der Waals surface area (Å²) in [6.07, 6.45) is -2.04. The fraction of sp³-hybridized carbons (Fsp3) is 0.250. The van der Waals surface area contributed by atoms with Crippen LogP contribution in [0, 0.1) is 0 Å². The van der Waals surface area contributed by atoms with Crippen molar-refractivity contribution >= 4 is 22.4 Å². The van der Waals surface area contributed by atoms with Gasteiger partial charge in [-0.05, 0) is 29.8 Å². The molecule has 1 aliphatic rings. The second-order valence-electron chi connectivity index (χ2n) is 6.71. The first-order chi connectivity index (χ1) is 13.9. The van der Waals surface area contributed by atoms with Crippen molar-refractivity contribution in [2.45, 2.75) is 25.7 Å². The van der Waals surface area contributed by atoms with Gasteiger partial charge >= 0.3 is 6.18 Å². The Morgan fingerprint density at radius 3 is 2.66 bits per heavy atom. The molecule has 2 aromatic heterocycles. The molecule has 1 aliphatic heterocycles. The highest BCUT2D eigenvalue weighted by atomic mass is 32.1. The van der Waals surface area contributed by atoms with Crippen LogP contribution in [-0.2, 0) is 25.7 Å². The number of carbonyl (C=O) groups is 1.